The zero-order valence-electron chi connectivity index (χ0n) is 9.57. The number of hydrogen-bond donors (Lipinski definition) is 2. The predicted molar refractivity (Wildman–Crippen MR) is 65.2 cm³/mol. The minimum absolute atomic E-state index is 0.0722. The van der Waals surface area contributed by atoms with Crippen molar-refractivity contribution in [2.75, 3.05) is 18.4 Å². The molecule has 1 fully saturated rings. The van der Waals surface area contributed by atoms with Crippen molar-refractivity contribution in [3.8, 4) is 0 Å². The molecule has 0 radical (unpaired) electrons. The molecule has 16 heavy (non-hydrogen) atoms. The van der Waals surface area contributed by atoms with Gasteiger partial charge >= 0.3 is 0 Å². The Morgan fingerprint density at radius 2 is 2.06 bits per heavy atom. The van der Waals surface area contributed by atoms with Gasteiger partial charge in [-0.05, 0) is 30.4 Å². The van der Waals surface area contributed by atoms with Crippen LogP contribution in [0.25, 0.3) is 0 Å². The van der Waals surface area contributed by atoms with Gasteiger partial charge in [-0.2, -0.15) is 0 Å². The van der Waals surface area contributed by atoms with Crippen molar-refractivity contribution in [3.05, 3.63) is 30.3 Å². The fraction of sp³-hybridized carbons (Fsp3) is 0.462. The van der Waals surface area contributed by atoms with Crippen molar-refractivity contribution in [1.29, 1.82) is 0 Å². The third kappa shape index (κ3) is 3.26. The lowest BCUT2D eigenvalue weighted by Gasteiger charge is -2.07. The van der Waals surface area contributed by atoms with E-state index < -0.39 is 0 Å². The average molecular weight is 218 g/mol. The van der Waals surface area contributed by atoms with Gasteiger partial charge in [-0.3, -0.25) is 4.79 Å². The Morgan fingerprint density at radius 1 is 1.38 bits per heavy atom. The molecule has 0 aromatic heterocycles. The molecule has 0 bridgehead atoms. The van der Waals surface area contributed by atoms with Crippen LogP contribution in [-0.2, 0) is 4.79 Å². The zero-order valence-corrected chi connectivity index (χ0v) is 9.57. The molecule has 2 atom stereocenters. The van der Waals surface area contributed by atoms with Crippen LogP contribution in [0.4, 0.5) is 5.69 Å². The maximum atomic E-state index is 11.5. The number of para-hydroxylation sites is 1. The van der Waals surface area contributed by atoms with Crippen molar-refractivity contribution in [2.45, 2.75) is 13.3 Å². The van der Waals surface area contributed by atoms with Crippen molar-refractivity contribution in [1.82, 2.24) is 5.32 Å². The van der Waals surface area contributed by atoms with E-state index >= 15 is 0 Å². The molecule has 1 amide bonds. The highest BCUT2D eigenvalue weighted by Crippen LogP contribution is 2.36. The van der Waals surface area contributed by atoms with Gasteiger partial charge < -0.3 is 10.6 Å². The van der Waals surface area contributed by atoms with Gasteiger partial charge in [-0.25, -0.2) is 0 Å². The van der Waals surface area contributed by atoms with Crippen molar-refractivity contribution < 1.29 is 4.79 Å². The van der Waals surface area contributed by atoms with Gasteiger partial charge in [0.25, 0.3) is 0 Å². The summed E-state index contributed by atoms with van der Waals surface area (Å²) in [5.74, 6) is 1.58. The average Bonchev–Trinajstić information content (AvgIpc) is 3.01. The SMILES string of the molecule is CC1CC1CNC(=O)CNc1ccccc1. The van der Waals surface area contributed by atoms with Crippen LogP contribution in [0.1, 0.15) is 13.3 Å². The Hall–Kier alpha value is -1.51. The van der Waals surface area contributed by atoms with Gasteiger partial charge in [-0.1, -0.05) is 25.1 Å². The first kappa shape index (κ1) is 11.0. The lowest BCUT2D eigenvalue weighted by molar-refractivity contribution is -0.119. The highest BCUT2D eigenvalue weighted by Gasteiger charge is 2.32. The first-order chi connectivity index (χ1) is 7.75. The summed E-state index contributed by atoms with van der Waals surface area (Å²) in [5.41, 5.74) is 0.984. The number of carbonyl (C=O) groups is 1. The molecular weight excluding hydrogens is 200 g/mol. The normalized spacial score (nSPS) is 22.6. The minimum Gasteiger partial charge on any atom is -0.376 e. The Bertz CT molecular complexity index is 350. The lowest BCUT2D eigenvalue weighted by atomic mass is 10.3. The van der Waals surface area contributed by atoms with Gasteiger partial charge in [0, 0.05) is 12.2 Å². The molecule has 1 aromatic rings. The largest absolute Gasteiger partial charge is 0.376 e. The first-order valence-electron chi connectivity index (χ1n) is 5.81. The van der Waals surface area contributed by atoms with Crippen LogP contribution in [0.15, 0.2) is 30.3 Å². The fourth-order valence-electron chi connectivity index (χ4n) is 1.73. The van der Waals surface area contributed by atoms with E-state index in [4.69, 9.17) is 0 Å². The third-order valence-corrected chi connectivity index (χ3v) is 3.06. The molecule has 2 rings (SSSR count). The molecule has 0 spiro atoms. The predicted octanol–water partition coefficient (Wildman–Crippen LogP) is 1.87. The second-order valence-corrected chi connectivity index (χ2v) is 4.50. The highest BCUT2D eigenvalue weighted by atomic mass is 16.1. The number of carbonyl (C=O) groups excluding carboxylic acids is 1. The molecule has 0 heterocycles. The first-order valence-corrected chi connectivity index (χ1v) is 5.81. The van der Waals surface area contributed by atoms with Gasteiger partial charge in [0.1, 0.15) is 0 Å². The van der Waals surface area contributed by atoms with Crippen LogP contribution in [0.5, 0.6) is 0 Å². The molecule has 2 N–H and O–H groups in total. The molecule has 2 unspecified atom stereocenters. The molecular formula is C13H18N2O. The van der Waals surface area contributed by atoms with Crippen molar-refractivity contribution in [3.63, 3.8) is 0 Å². The smallest absolute Gasteiger partial charge is 0.239 e. The minimum atomic E-state index is 0.0722. The summed E-state index contributed by atoms with van der Waals surface area (Å²) in [6.45, 7) is 3.40. The quantitative estimate of drug-likeness (QED) is 0.792. The van der Waals surface area contributed by atoms with Gasteiger partial charge in [0.2, 0.25) is 5.91 Å². The van der Waals surface area contributed by atoms with E-state index in [1.165, 1.54) is 6.42 Å². The van der Waals surface area contributed by atoms with E-state index in [0.29, 0.717) is 12.5 Å². The van der Waals surface area contributed by atoms with Crippen LogP contribution < -0.4 is 10.6 Å². The number of nitrogens with one attached hydrogen (secondary N) is 2. The van der Waals surface area contributed by atoms with Gasteiger partial charge in [0.05, 0.1) is 6.54 Å². The molecule has 1 aliphatic rings. The monoisotopic (exact) mass is 218 g/mol. The van der Waals surface area contributed by atoms with Crippen molar-refractivity contribution in [2.24, 2.45) is 11.8 Å². The maximum Gasteiger partial charge on any atom is 0.239 e. The number of benzene rings is 1. The molecule has 1 aliphatic carbocycles. The molecule has 0 saturated heterocycles. The highest BCUT2D eigenvalue weighted by molar-refractivity contribution is 5.80. The van der Waals surface area contributed by atoms with Crippen LogP contribution in [-0.4, -0.2) is 19.0 Å². The Balaban J connectivity index is 1.64. The van der Waals surface area contributed by atoms with Gasteiger partial charge in [-0.15, -0.1) is 0 Å². The second-order valence-electron chi connectivity index (χ2n) is 4.50. The molecule has 0 aliphatic heterocycles. The summed E-state index contributed by atoms with van der Waals surface area (Å²) < 4.78 is 0. The van der Waals surface area contributed by atoms with Crippen LogP contribution in [0.3, 0.4) is 0 Å². The zero-order chi connectivity index (χ0) is 11.4. The molecule has 1 aromatic carbocycles. The molecule has 1 saturated carbocycles. The standard InChI is InChI=1S/C13H18N2O/c1-10-7-11(10)8-15-13(16)9-14-12-5-3-2-4-6-12/h2-6,10-11,14H,7-9H2,1H3,(H,15,16). The number of rotatable bonds is 5. The van der Waals surface area contributed by atoms with Crippen molar-refractivity contribution >= 4 is 11.6 Å². The summed E-state index contributed by atoms with van der Waals surface area (Å²) in [7, 11) is 0. The van der Waals surface area contributed by atoms with E-state index in [1.54, 1.807) is 0 Å². The van der Waals surface area contributed by atoms with E-state index in [0.717, 1.165) is 18.2 Å². The summed E-state index contributed by atoms with van der Waals surface area (Å²) >= 11 is 0. The molecule has 3 nitrogen and oxygen atoms in total. The number of hydrogen-bond acceptors (Lipinski definition) is 2. The maximum absolute atomic E-state index is 11.5. The topological polar surface area (TPSA) is 41.1 Å². The number of amides is 1. The van der Waals surface area contributed by atoms with E-state index in [1.807, 2.05) is 30.3 Å². The third-order valence-electron chi connectivity index (χ3n) is 3.06. The summed E-state index contributed by atoms with van der Waals surface area (Å²) in [5, 5.41) is 6.03. The summed E-state index contributed by atoms with van der Waals surface area (Å²) in [6.07, 6.45) is 1.26. The Kier molecular flexibility index (Phi) is 3.44. The molecule has 86 valence electrons. The van der Waals surface area contributed by atoms with Crippen LogP contribution in [0, 0.1) is 11.8 Å². The summed E-state index contributed by atoms with van der Waals surface area (Å²) in [4.78, 5) is 11.5. The van der Waals surface area contributed by atoms with Gasteiger partial charge in [0.15, 0.2) is 0 Å². The van der Waals surface area contributed by atoms with E-state index in [9.17, 15) is 4.79 Å². The lowest BCUT2D eigenvalue weighted by Crippen LogP contribution is -2.31. The van der Waals surface area contributed by atoms with Crippen LogP contribution >= 0.6 is 0 Å². The fourth-order valence-corrected chi connectivity index (χ4v) is 1.73. The molecule has 3 heteroatoms. The van der Waals surface area contributed by atoms with E-state index in [2.05, 4.69) is 17.6 Å². The number of anilines is 1. The second kappa shape index (κ2) is 5.01. The summed E-state index contributed by atoms with van der Waals surface area (Å²) in [6, 6.07) is 9.77. The Morgan fingerprint density at radius 3 is 2.69 bits per heavy atom. The Labute approximate surface area is 96.2 Å². The van der Waals surface area contributed by atoms with E-state index in [-0.39, 0.29) is 5.91 Å². The van der Waals surface area contributed by atoms with Crippen LogP contribution in [0.2, 0.25) is 0 Å².